The molecule has 5 rings (SSSR count). The Morgan fingerprint density at radius 3 is 1.00 bits per heavy atom. The molecule has 0 radical (unpaired) electrons. The van der Waals surface area contributed by atoms with Gasteiger partial charge in [-0.25, -0.2) is 0 Å². The Labute approximate surface area is 255 Å². The fraction of sp³-hybridized carbons (Fsp3) is 0.316. The second kappa shape index (κ2) is 29.4. The van der Waals surface area contributed by atoms with Gasteiger partial charge in [0, 0.05) is 31.3 Å². The first-order valence-electron chi connectivity index (χ1n) is 15.3. The average Bonchev–Trinajstić information content (AvgIpc) is 3.11. The van der Waals surface area contributed by atoms with Crippen LogP contribution in [-0.2, 0) is 0 Å². The van der Waals surface area contributed by atoms with Gasteiger partial charge in [-0.1, -0.05) is 168 Å². The molecule has 224 valence electrons. The minimum atomic E-state index is 0.0752. The van der Waals surface area contributed by atoms with Gasteiger partial charge in [0.05, 0.1) is 0 Å². The highest BCUT2D eigenvalue weighted by Crippen LogP contribution is 2.23. The number of carbonyl (C=O) groups excluding carboxylic acids is 1. The van der Waals surface area contributed by atoms with E-state index in [-0.39, 0.29) is 11.2 Å². The molecule has 0 saturated heterocycles. The number of carbonyl (C=O) groups is 1. The van der Waals surface area contributed by atoms with Crippen LogP contribution in [-0.4, -0.2) is 5.78 Å². The van der Waals surface area contributed by atoms with E-state index in [9.17, 15) is 9.59 Å². The van der Waals surface area contributed by atoms with Crippen molar-refractivity contribution in [3.63, 3.8) is 0 Å². The first-order chi connectivity index (χ1) is 20.2. The van der Waals surface area contributed by atoms with E-state index in [4.69, 9.17) is 0 Å². The highest BCUT2D eigenvalue weighted by atomic mass is 32.1. The van der Waals surface area contributed by atoms with Crippen LogP contribution in [0.4, 0.5) is 0 Å². The summed E-state index contributed by atoms with van der Waals surface area (Å²) in [6, 6.07) is 34.1. The molecule has 0 bridgehead atoms. The number of hydrogen-bond acceptors (Lipinski definition) is 3. The van der Waals surface area contributed by atoms with Crippen LogP contribution in [0, 0.1) is 0 Å². The van der Waals surface area contributed by atoms with E-state index in [0.29, 0.717) is 0 Å². The van der Waals surface area contributed by atoms with Crippen LogP contribution in [0.2, 0.25) is 0 Å². The van der Waals surface area contributed by atoms with Crippen LogP contribution in [0.5, 0.6) is 0 Å². The molecule has 0 aliphatic carbocycles. The molecule has 0 fully saturated rings. The van der Waals surface area contributed by atoms with E-state index >= 15 is 0 Å². The predicted octanol–water partition coefficient (Wildman–Crippen LogP) is 12.5. The Morgan fingerprint density at radius 1 is 0.415 bits per heavy atom. The van der Waals surface area contributed by atoms with E-state index in [1.165, 1.54) is 0 Å². The average molecular weight is 575 g/mol. The molecule has 0 amide bonds. The lowest BCUT2D eigenvalue weighted by Gasteiger charge is -1.99. The van der Waals surface area contributed by atoms with Gasteiger partial charge in [0.1, 0.15) is 0 Å². The van der Waals surface area contributed by atoms with Gasteiger partial charge >= 0.3 is 0 Å². The highest BCUT2D eigenvalue weighted by molar-refractivity contribution is 7.24. The molecule has 3 heteroatoms. The lowest BCUT2D eigenvalue weighted by atomic mass is 10.0. The van der Waals surface area contributed by atoms with Crippen LogP contribution < -0.4 is 5.43 Å². The molecule has 4 aromatic carbocycles. The largest absolute Gasteiger partial charge is 0.289 e. The van der Waals surface area contributed by atoms with Crippen LogP contribution in [0.25, 0.3) is 20.2 Å². The molecule has 0 spiro atoms. The maximum atomic E-state index is 12.1. The second-order valence-corrected chi connectivity index (χ2v) is 7.57. The summed E-state index contributed by atoms with van der Waals surface area (Å²) in [7, 11) is 0. The van der Waals surface area contributed by atoms with Gasteiger partial charge < -0.3 is 0 Å². The molecule has 41 heavy (non-hydrogen) atoms. The Kier molecular flexibility index (Phi) is 30.1. The van der Waals surface area contributed by atoms with Crippen molar-refractivity contribution in [3.8, 4) is 0 Å². The monoisotopic (exact) mass is 574 g/mol. The number of fused-ring (bicyclic) bond motifs is 2. The van der Waals surface area contributed by atoms with Gasteiger partial charge in [-0.15, -0.1) is 11.3 Å². The van der Waals surface area contributed by atoms with Gasteiger partial charge in [-0.2, -0.15) is 0 Å². The molecule has 0 aliphatic heterocycles. The maximum Gasteiger partial charge on any atom is 0.195 e. The Bertz CT molecular complexity index is 1230. The molecule has 0 atom stereocenters. The summed E-state index contributed by atoms with van der Waals surface area (Å²) in [5.74, 6) is 0.0752. The predicted molar refractivity (Wildman–Crippen MR) is 190 cm³/mol. The van der Waals surface area contributed by atoms with Gasteiger partial charge in [-0.05, 0) is 24.3 Å². The van der Waals surface area contributed by atoms with Crippen molar-refractivity contribution >= 4 is 37.3 Å². The quantitative estimate of drug-likeness (QED) is 0.155. The summed E-state index contributed by atoms with van der Waals surface area (Å²) in [5.41, 5.74) is 1.61. The summed E-state index contributed by atoms with van der Waals surface area (Å²) in [6.45, 7) is 24.0. The molecule has 0 saturated carbocycles. The molecule has 0 unspecified atom stereocenters. The van der Waals surface area contributed by atoms with Gasteiger partial charge in [0.15, 0.2) is 11.2 Å². The van der Waals surface area contributed by atoms with E-state index in [1.54, 1.807) is 11.3 Å². The van der Waals surface area contributed by atoms with Crippen molar-refractivity contribution in [2.75, 3.05) is 0 Å². The molecule has 1 aromatic heterocycles. The van der Waals surface area contributed by atoms with Crippen LogP contribution in [0.15, 0.2) is 114 Å². The summed E-state index contributed by atoms with van der Waals surface area (Å²) in [6.07, 6.45) is 0. The SMILES string of the molecule is CC.CC.CC.CC.CC.CC.O=C(c1ccccc1)c1ccccc1.O=c1c2ccccc2sc2ccccc12. The number of benzene rings is 4. The normalized spacial score (nSPS) is 8.20. The van der Waals surface area contributed by atoms with Crippen molar-refractivity contribution < 1.29 is 4.79 Å². The van der Waals surface area contributed by atoms with E-state index in [0.717, 1.165) is 31.3 Å². The first-order valence-corrected chi connectivity index (χ1v) is 16.1. The van der Waals surface area contributed by atoms with Crippen LogP contribution in [0.3, 0.4) is 0 Å². The third-order valence-corrected chi connectivity index (χ3v) is 5.71. The molecule has 1 heterocycles. The minimum Gasteiger partial charge on any atom is -0.289 e. The summed E-state index contributed by atoms with van der Waals surface area (Å²) in [5, 5.41) is 1.64. The van der Waals surface area contributed by atoms with Gasteiger partial charge in [-0.3, -0.25) is 9.59 Å². The Morgan fingerprint density at radius 2 is 0.683 bits per heavy atom. The summed E-state index contributed by atoms with van der Waals surface area (Å²) < 4.78 is 2.11. The fourth-order valence-corrected chi connectivity index (χ4v) is 4.17. The third-order valence-electron chi connectivity index (χ3n) is 4.56. The standard InChI is InChI=1S/C13H8OS.C13H10O.6C2H6/c14-13-9-5-1-3-7-11(9)15-12-8-4-2-6-10(12)13;14-13(11-7-3-1-4-8-11)12-9-5-2-6-10-12;6*1-2/h1-8H;1-10H;6*1-2H3. The van der Waals surface area contributed by atoms with Gasteiger partial charge in [0.2, 0.25) is 0 Å². The van der Waals surface area contributed by atoms with E-state index in [2.05, 4.69) is 0 Å². The molecular weight excluding hydrogens is 520 g/mol. The van der Waals surface area contributed by atoms with E-state index < -0.39 is 0 Å². The summed E-state index contributed by atoms with van der Waals surface area (Å²) >= 11 is 1.67. The van der Waals surface area contributed by atoms with Crippen molar-refractivity contribution in [1.29, 1.82) is 0 Å². The second-order valence-electron chi connectivity index (χ2n) is 6.48. The van der Waals surface area contributed by atoms with Crippen molar-refractivity contribution in [1.82, 2.24) is 0 Å². The zero-order valence-electron chi connectivity index (χ0n) is 27.6. The zero-order valence-corrected chi connectivity index (χ0v) is 28.4. The number of hydrogen-bond donors (Lipinski definition) is 0. The Balaban J connectivity index is -0.000000518. The molecule has 2 nitrogen and oxygen atoms in total. The van der Waals surface area contributed by atoms with Crippen LogP contribution >= 0.6 is 11.3 Å². The molecule has 5 aromatic rings. The van der Waals surface area contributed by atoms with E-state index in [1.807, 2.05) is 192 Å². The lowest BCUT2D eigenvalue weighted by molar-refractivity contribution is 0.103. The fourth-order valence-electron chi connectivity index (χ4n) is 3.10. The minimum absolute atomic E-state index is 0.0752. The van der Waals surface area contributed by atoms with Crippen LogP contribution in [0.1, 0.15) is 99.0 Å². The summed E-state index contributed by atoms with van der Waals surface area (Å²) in [4.78, 5) is 23.9. The highest BCUT2D eigenvalue weighted by Gasteiger charge is 2.06. The lowest BCUT2D eigenvalue weighted by Crippen LogP contribution is -1.99. The van der Waals surface area contributed by atoms with Crippen molar-refractivity contribution in [2.45, 2.75) is 83.1 Å². The molecule has 0 N–H and O–H groups in total. The first kappa shape index (κ1) is 41.9. The number of rotatable bonds is 2. The zero-order chi connectivity index (χ0) is 32.1. The third kappa shape index (κ3) is 14.6. The van der Waals surface area contributed by atoms with Crippen molar-refractivity contribution in [2.24, 2.45) is 0 Å². The topological polar surface area (TPSA) is 34.1 Å². The molecular formula is C38H54O2S. The van der Waals surface area contributed by atoms with Gasteiger partial charge in [0.25, 0.3) is 0 Å². The molecule has 0 aliphatic rings. The maximum absolute atomic E-state index is 12.1. The van der Waals surface area contributed by atoms with Crippen molar-refractivity contribution in [3.05, 3.63) is 131 Å². The number of ketones is 1. The Hall–Kier alpha value is -3.56. The smallest absolute Gasteiger partial charge is 0.195 e.